The van der Waals surface area contributed by atoms with Crippen molar-refractivity contribution in [3.05, 3.63) is 0 Å². The lowest BCUT2D eigenvalue weighted by Gasteiger charge is -2.23. The minimum atomic E-state index is -3.37. The summed E-state index contributed by atoms with van der Waals surface area (Å²) >= 11 is 0. The fraction of sp³-hybridized carbons (Fsp3) is 1.00. The molecule has 0 aromatic carbocycles. The zero-order chi connectivity index (χ0) is 11.9. The molecule has 0 spiro atoms. The van der Waals surface area contributed by atoms with Gasteiger partial charge in [-0.25, -0.2) is 8.42 Å². The molecule has 2 N–H and O–H groups in total. The normalized spacial score (nSPS) is 29.7. The minimum Gasteiger partial charge on any atom is -0.389 e. The molecule has 1 aliphatic heterocycles. The molecule has 0 radical (unpaired) electrons. The van der Waals surface area contributed by atoms with Crippen LogP contribution in [0, 0.1) is 5.41 Å². The van der Waals surface area contributed by atoms with Gasteiger partial charge >= 0.3 is 0 Å². The number of sulfonamides is 1. The highest BCUT2D eigenvalue weighted by Gasteiger charge is 2.38. The molecule has 5 nitrogen and oxygen atoms in total. The fourth-order valence-corrected chi connectivity index (χ4v) is 3.64. The molecule has 0 aliphatic carbocycles. The van der Waals surface area contributed by atoms with Crippen LogP contribution in [0.2, 0.25) is 0 Å². The zero-order valence-corrected chi connectivity index (χ0v) is 10.2. The first-order valence-corrected chi connectivity index (χ1v) is 6.57. The lowest BCUT2D eigenvalue weighted by molar-refractivity contribution is 0.0572. The van der Waals surface area contributed by atoms with Gasteiger partial charge in [0.2, 0.25) is 10.0 Å². The van der Waals surface area contributed by atoms with Gasteiger partial charge in [0.25, 0.3) is 0 Å². The second-order valence-corrected chi connectivity index (χ2v) is 7.24. The van der Waals surface area contributed by atoms with E-state index in [9.17, 15) is 18.6 Å². The Morgan fingerprint density at radius 3 is 1.93 bits per heavy atom. The van der Waals surface area contributed by atoms with Crippen LogP contribution in [0.1, 0.15) is 20.8 Å². The Kier molecular flexibility index (Phi) is 3.45. The number of β-amino-alcohol motifs (C(OH)–C–C–N with tert-alkyl or cyclic N) is 2. The van der Waals surface area contributed by atoms with Crippen LogP contribution >= 0.6 is 0 Å². The molecule has 0 aromatic rings. The van der Waals surface area contributed by atoms with Crippen molar-refractivity contribution in [3.63, 3.8) is 0 Å². The highest BCUT2D eigenvalue weighted by atomic mass is 32.2. The van der Waals surface area contributed by atoms with Crippen molar-refractivity contribution >= 4 is 10.0 Å². The second-order valence-electron chi connectivity index (χ2n) is 5.27. The van der Waals surface area contributed by atoms with E-state index in [-0.39, 0.29) is 24.3 Å². The predicted molar refractivity (Wildman–Crippen MR) is 56.8 cm³/mol. The molecular formula is C9H19NO4S. The lowest BCUT2D eigenvalue weighted by atomic mass is 10.0. The molecule has 1 rings (SSSR count). The molecule has 90 valence electrons. The summed E-state index contributed by atoms with van der Waals surface area (Å²) in [6, 6.07) is 0. The quantitative estimate of drug-likeness (QED) is 0.672. The zero-order valence-electron chi connectivity index (χ0n) is 9.34. The monoisotopic (exact) mass is 237 g/mol. The summed E-state index contributed by atoms with van der Waals surface area (Å²) in [4.78, 5) is 0. The molecule has 1 saturated heterocycles. The topological polar surface area (TPSA) is 77.8 Å². The summed E-state index contributed by atoms with van der Waals surface area (Å²) in [6.07, 6.45) is -1.92. The van der Waals surface area contributed by atoms with Crippen LogP contribution < -0.4 is 0 Å². The van der Waals surface area contributed by atoms with E-state index in [0.29, 0.717) is 0 Å². The molecular weight excluding hydrogens is 218 g/mol. The van der Waals surface area contributed by atoms with Crippen LogP contribution in [-0.4, -0.2) is 54.0 Å². The predicted octanol–water partition coefficient (Wildman–Crippen LogP) is -0.600. The third-order valence-corrected chi connectivity index (χ3v) is 4.55. The number of aliphatic hydroxyl groups is 2. The van der Waals surface area contributed by atoms with E-state index in [4.69, 9.17) is 0 Å². The van der Waals surface area contributed by atoms with Crippen LogP contribution in [0.15, 0.2) is 0 Å². The van der Waals surface area contributed by atoms with Gasteiger partial charge in [0.1, 0.15) is 0 Å². The molecule has 0 saturated carbocycles. The summed E-state index contributed by atoms with van der Waals surface area (Å²) < 4.78 is 24.8. The summed E-state index contributed by atoms with van der Waals surface area (Å²) in [6.45, 7) is 5.52. The molecule has 2 atom stereocenters. The maximum atomic E-state index is 11.8. The first-order valence-electron chi connectivity index (χ1n) is 4.96. The Bertz CT molecular complexity index is 309. The molecule has 15 heavy (non-hydrogen) atoms. The summed E-state index contributed by atoms with van der Waals surface area (Å²) in [7, 11) is -3.37. The minimum absolute atomic E-state index is 0.000417. The average Bonchev–Trinajstić information content (AvgIpc) is 2.27. The number of hydrogen-bond acceptors (Lipinski definition) is 4. The van der Waals surface area contributed by atoms with Crippen LogP contribution in [0.25, 0.3) is 0 Å². The molecule has 0 aromatic heterocycles. The molecule has 1 fully saturated rings. The highest BCUT2D eigenvalue weighted by molar-refractivity contribution is 7.89. The average molecular weight is 237 g/mol. The van der Waals surface area contributed by atoms with Crippen molar-refractivity contribution in [2.24, 2.45) is 5.41 Å². The molecule has 6 heteroatoms. The van der Waals surface area contributed by atoms with Crippen LogP contribution in [-0.2, 0) is 10.0 Å². The number of nitrogens with zero attached hydrogens (tertiary/aromatic N) is 1. The molecule has 0 amide bonds. The number of hydrogen-bond donors (Lipinski definition) is 2. The van der Waals surface area contributed by atoms with E-state index in [1.54, 1.807) is 0 Å². The van der Waals surface area contributed by atoms with Crippen molar-refractivity contribution in [1.29, 1.82) is 0 Å². The van der Waals surface area contributed by atoms with E-state index in [1.807, 2.05) is 20.8 Å². The van der Waals surface area contributed by atoms with E-state index < -0.39 is 22.2 Å². The Balaban J connectivity index is 2.72. The Labute approximate surface area is 90.8 Å². The van der Waals surface area contributed by atoms with Crippen molar-refractivity contribution in [3.8, 4) is 0 Å². The third-order valence-electron chi connectivity index (χ3n) is 2.23. The highest BCUT2D eigenvalue weighted by Crippen LogP contribution is 2.22. The molecule has 0 bridgehead atoms. The fourth-order valence-electron chi connectivity index (χ4n) is 1.60. The third kappa shape index (κ3) is 3.41. The maximum absolute atomic E-state index is 11.8. The van der Waals surface area contributed by atoms with Gasteiger partial charge in [-0.2, -0.15) is 4.31 Å². The Morgan fingerprint density at radius 1 is 1.20 bits per heavy atom. The first kappa shape index (κ1) is 12.9. The lowest BCUT2D eigenvalue weighted by Crippen LogP contribution is -2.36. The van der Waals surface area contributed by atoms with Crippen molar-refractivity contribution in [2.75, 3.05) is 18.8 Å². The van der Waals surface area contributed by atoms with Gasteiger partial charge < -0.3 is 10.2 Å². The van der Waals surface area contributed by atoms with Crippen molar-refractivity contribution in [2.45, 2.75) is 33.0 Å². The van der Waals surface area contributed by atoms with Gasteiger partial charge in [0.05, 0.1) is 18.0 Å². The smallest absolute Gasteiger partial charge is 0.214 e. The summed E-state index contributed by atoms with van der Waals surface area (Å²) in [5.41, 5.74) is -0.322. The van der Waals surface area contributed by atoms with Gasteiger partial charge in [-0.1, -0.05) is 20.8 Å². The first-order chi connectivity index (χ1) is 6.62. The van der Waals surface area contributed by atoms with Crippen molar-refractivity contribution < 1.29 is 18.6 Å². The van der Waals surface area contributed by atoms with Crippen LogP contribution in [0.3, 0.4) is 0 Å². The molecule has 0 unspecified atom stereocenters. The van der Waals surface area contributed by atoms with E-state index in [0.717, 1.165) is 4.31 Å². The van der Waals surface area contributed by atoms with Gasteiger partial charge in [-0.05, 0) is 5.41 Å². The summed E-state index contributed by atoms with van der Waals surface area (Å²) in [5, 5.41) is 18.5. The van der Waals surface area contributed by atoms with Crippen LogP contribution in [0.4, 0.5) is 0 Å². The summed E-state index contributed by atoms with van der Waals surface area (Å²) in [5.74, 6) is 0.0272. The maximum Gasteiger partial charge on any atom is 0.214 e. The number of rotatable bonds is 2. The van der Waals surface area contributed by atoms with Gasteiger partial charge in [-0.3, -0.25) is 0 Å². The van der Waals surface area contributed by atoms with E-state index >= 15 is 0 Å². The van der Waals surface area contributed by atoms with Gasteiger partial charge in [0.15, 0.2) is 0 Å². The standard InChI is InChI=1S/C9H19NO4S/c1-9(2,3)6-15(13,14)10-4-7(11)8(12)5-10/h7-8,11-12H,4-6H2,1-3H3/t7-,8+. The molecule has 1 aliphatic rings. The second kappa shape index (κ2) is 4.01. The Hall–Kier alpha value is -0.170. The number of aliphatic hydroxyl groups excluding tert-OH is 2. The van der Waals surface area contributed by atoms with E-state index in [2.05, 4.69) is 0 Å². The molecule has 1 heterocycles. The van der Waals surface area contributed by atoms with Gasteiger partial charge in [-0.15, -0.1) is 0 Å². The van der Waals surface area contributed by atoms with Crippen molar-refractivity contribution in [1.82, 2.24) is 4.31 Å². The van der Waals surface area contributed by atoms with Crippen LogP contribution in [0.5, 0.6) is 0 Å². The SMILES string of the molecule is CC(C)(C)CS(=O)(=O)N1C[C@@H](O)[C@@H](O)C1. The van der Waals surface area contributed by atoms with Gasteiger partial charge in [0, 0.05) is 13.1 Å². The Morgan fingerprint density at radius 2 is 1.60 bits per heavy atom. The van der Waals surface area contributed by atoms with E-state index in [1.165, 1.54) is 0 Å². The largest absolute Gasteiger partial charge is 0.389 e.